The quantitative estimate of drug-likeness (QED) is 0.497. The van der Waals surface area contributed by atoms with E-state index < -0.39 is 0 Å². The van der Waals surface area contributed by atoms with Gasteiger partial charge in [-0.15, -0.1) is 0 Å². The molecular weight excluding hydrogens is 192 g/mol. The summed E-state index contributed by atoms with van der Waals surface area (Å²) in [7, 11) is 0. The van der Waals surface area contributed by atoms with Gasteiger partial charge < -0.3 is 4.98 Å². The number of nitrogens with zero attached hydrogens (tertiary/aromatic N) is 1. The molecule has 1 N–H and O–H groups in total. The number of H-pyrrole nitrogens is 1. The lowest BCUT2D eigenvalue weighted by Crippen LogP contribution is -1.73. The average Bonchev–Trinajstić information content (AvgIpc) is 2.31. The van der Waals surface area contributed by atoms with Crippen LogP contribution in [0, 0.1) is 18.8 Å². The fraction of sp³-hybridized carbons (Fsp3) is 0.286. The fourth-order valence-electron chi connectivity index (χ4n) is 0.613. The highest BCUT2D eigenvalue weighted by molar-refractivity contribution is 9.09. The van der Waals surface area contributed by atoms with Crippen molar-refractivity contribution in [1.82, 2.24) is 9.97 Å². The molecule has 0 unspecified atom stereocenters. The number of aromatic amines is 1. The van der Waals surface area contributed by atoms with E-state index in [1.807, 2.05) is 6.92 Å². The van der Waals surface area contributed by atoms with Crippen molar-refractivity contribution in [3.05, 3.63) is 17.7 Å². The summed E-state index contributed by atoms with van der Waals surface area (Å²) in [5.41, 5.74) is 0.872. The first-order chi connectivity index (χ1) is 4.83. The Labute approximate surface area is 68.2 Å². The number of aromatic nitrogens is 2. The highest BCUT2D eigenvalue weighted by atomic mass is 79.9. The zero-order valence-electron chi connectivity index (χ0n) is 5.61. The third-order valence-electron chi connectivity index (χ3n) is 0.993. The molecule has 1 heterocycles. The minimum Gasteiger partial charge on any atom is -0.336 e. The zero-order chi connectivity index (χ0) is 7.40. The zero-order valence-corrected chi connectivity index (χ0v) is 7.20. The summed E-state index contributed by atoms with van der Waals surface area (Å²) in [6.45, 7) is 1.90. The molecule has 52 valence electrons. The maximum Gasteiger partial charge on any atom is 0.109 e. The number of aryl methyl sites for hydroxylation is 1. The van der Waals surface area contributed by atoms with Crippen molar-refractivity contribution < 1.29 is 0 Å². The van der Waals surface area contributed by atoms with Crippen LogP contribution < -0.4 is 0 Å². The molecule has 1 aromatic heterocycles. The monoisotopic (exact) mass is 198 g/mol. The first kappa shape index (κ1) is 7.36. The molecule has 3 heteroatoms. The van der Waals surface area contributed by atoms with Crippen LogP contribution in [-0.4, -0.2) is 15.3 Å². The van der Waals surface area contributed by atoms with Crippen molar-refractivity contribution in [2.75, 3.05) is 5.33 Å². The van der Waals surface area contributed by atoms with Crippen molar-refractivity contribution in [3.8, 4) is 11.8 Å². The fourth-order valence-corrected chi connectivity index (χ4v) is 0.753. The summed E-state index contributed by atoms with van der Waals surface area (Å²) >= 11 is 3.21. The van der Waals surface area contributed by atoms with E-state index in [0.29, 0.717) is 5.33 Å². The molecule has 0 amide bonds. The topological polar surface area (TPSA) is 28.7 Å². The molecule has 0 atom stereocenters. The van der Waals surface area contributed by atoms with Crippen LogP contribution in [0.1, 0.15) is 11.5 Å². The molecule has 0 aliphatic carbocycles. The number of halogens is 1. The smallest absolute Gasteiger partial charge is 0.109 e. The molecule has 0 fully saturated rings. The van der Waals surface area contributed by atoms with Gasteiger partial charge in [-0.05, 0) is 12.8 Å². The largest absolute Gasteiger partial charge is 0.336 e. The van der Waals surface area contributed by atoms with E-state index >= 15 is 0 Å². The highest BCUT2D eigenvalue weighted by Gasteiger charge is 1.88. The molecular formula is C7H7BrN2. The van der Waals surface area contributed by atoms with Gasteiger partial charge in [0.2, 0.25) is 0 Å². The van der Waals surface area contributed by atoms with E-state index in [4.69, 9.17) is 0 Å². The lowest BCUT2D eigenvalue weighted by molar-refractivity contribution is 1.14. The molecule has 0 aliphatic heterocycles. The van der Waals surface area contributed by atoms with E-state index in [2.05, 4.69) is 37.7 Å². The Morgan fingerprint density at radius 2 is 2.60 bits per heavy atom. The van der Waals surface area contributed by atoms with Crippen LogP contribution >= 0.6 is 15.9 Å². The Kier molecular flexibility index (Phi) is 2.52. The summed E-state index contributed by atoms with van der Waals surface area (Å²) in [6.07, 6.45) is 1.73. The second-order valence-electron chi connectivity index (χ2n) is 1.82. The first-order valence-corrected chi connectivity index (χ1v) is 4.01. The minimum atomic E-state index is 0.699. The van der Waals surface area contributed by atoms with Crippen LogP contribution in [0.15, 0.2) is 6.20 Å². The van der Waals surface area contributed by atoms with Gasteiger partial charge in [-0.3, -0.25) is 0 Å². The number of hydrogen-bond acceptors (Lipinski definition) is 1. The van der Waals surface area contributed by atoms with Gasteiger partial charge in [0.15, 0.2) is 0 Å². The van der Waals surface area contributed by atoms with Crippen LogP contribution in [0.25, 0.3) is 0 Å². The van der Waals surface area contributed by atoms with Crippen LogP contribution in [0.2, 0.25) is 0 Å². The van der Waals surface area contributed by atoms with Crippen molar-refractivity contribution in [1.29, 1.82) is 0 Å². The van der Waals surface area contributed by atoms with Gasteiger partial charge in [0.1, 0.15) is 11.5 Å². The van der Waals surface area contributed by atoms with Gasteiger partial charge in [0, 0.05) is 0 Å². The number of imidazole rings is 1. The predicted molar refractivity (Wildman–Crippen MR) is 44.0 cm³/mol. The standard InChI is InChI=1S/C7H7BrN2/c1-6-9-5-7(10-6)3-2-4-8/h5H,4H2,1H3,(H,9,10). The van der Waals surface area contributed by atoms with Gasteiger partial charge in [-0.25, -0.2) is 4.98 Å². The summed E-state index contributed by atoms with van der Waals surface area (Å²) < 4.78 is 0. The molecule has 10 heavy (non-hydrogen) atoms. The maximum atomic E-state index is 4.00. The molecule has 0 bridgehead atoms. The van der Waals surface area contributed by atoms with Crippen molar-refractivity contribution in [3.63, 3.8) is 0 Å². The summed E-state index contributed by atoms with van der Waals surface area (Å²) in [6, 6.07) is 0. The summed E-state index contributed by atoms with van der Waals surface area (Å²) in [5, 5.41) is 0.699. The third kappa shape index (κ3) is 1.89. The summed E-state index contributed by atoms with van der Waals surface area (Å²) in [5.74, 6) is 6.68. The average molecular weight is 199 g/mol. The molecule has 0 aliphatic rings. The number of nitrogens with one attached hydrogen (secondary N) is 1. The number of rotatable bonds is 0. The van der Waals surface area contributed by atoms with Gasteiger partial charge in [-0.1, -0.05) is 21.9 Å². The van der Waals surface area contributed by atoms with Crippen molar-refractivity contribution >= 4 is 15.9 Å². The number of alkyl halides is 1. The molecule has 1 rings (SSSR count). The Hall–Kier alpha value is -0.750. The molecule has 0 saturated carbocycles. The van der Waals surface area contributed by atoms with Crippen LogP contribution in [-0.2, 0) is 0 Å². The Morgan fingerprint density at radius 1 is 1.80 bits per heavy atom. The summed E-state index contributed by atoms with van der Waals surface area (Å²) in [4.78, 5) is 7.00. The van der Waals surface area contributed by atoms with Gasteiger partial charge >= 0.3 is 0 Å². The number of hydrogen-bond donors (Lipinski definition) is 1. The van der Waals surface area contributed by atoms with Gasteiger partial charge in [-0.2, -0.15) is 0 Å². The Morgan fingerprint density at radius 3 is 3.10 bits per heavy atom. The lowest BCUT2D eigenvalue weighted by Gasteiger charge is -1.76. The van der Waals surface area contributed by atoms with Crippen LogP contribution in [0.5, 0.6) is 0 Å². The van der Waals surface area contributed by atoms with Gasteiger partial charge in [0.25, 0.3) is 0 Å². The SMILES string of the molecule is Cc1ncc(C#CCBr)[nH]1. The van der Waals surface area contributed by atoms with Crippen molar-refractivity contribution in [2.45, 2.75) is 6.92 Å². The Balaban J connectivity index is 2.76. The predicted octanol–water partition coefficient (Wildman–Crippen LogP) is 1.46. The van der Waals surface area contributed by atoms with E-state index in [9.17, 15) is 0 Å². The molecule has 0 radical (unpaired) electrons. The molecule has 0 aromatic carbocycles. The molecule has 0 saturated heterocycles. The lowest BCUT2D eigenvalue weighted by atomic mass is 10.5. The molecule has 0 spiro atoms. The second-order valence-corrected chi connectivity index (χ2v) is 2.38. The maximum absolute atomic E-state index is 4.00. The molecule has 2 nitrogen and oxygen atoms in total. The van der Waals surface area contributed by atoms with E-state index in [0.717, 1.165) is 11.5 Å². The minimum absolute atomic E-state index is 0.699. The van der Waals surface area contributed by atoms with Crippen LogP contribution in [0.4, 0.5) is 0 Å². The van der Waals surface area contributed by atoms with Crippen LogP contribution in [0.3, 0.4) is 0 Å². The Bertz CT molecular complexity index is 267. The third-order valence-corrected chi connectivity index (χ3v) is 1.27. The normalized spacial score (nSPS) is 8.60. The molecule has 1 aromatic rings. The van der Waals surface area contributed by atoms with E-state index in [1.165, 1.54) is 0 Å². The highest BCUT2D eigenvalue weighted by Crippen LogP contribution is 1.91. The van der Waals surface area contributed by atoms with E-state index in [-0.39, 0.29) is 0 Å². The van der Waals surface area contributed by atoms with Crippen molar-refractivity contribution in [2.24, 2.45) is 0 Å². The second kappa shape index (κ2) is 3.43. The van der Waals surface area contributed by atoms with E-state index in [1.54, 1.807) is 6.20 Å². The van der Waals surface area contributed by atoms with Gasteiger partial charge in [0.05, 0.1) is 11.5 Å². The first-order valence-electron chi connectivity index (χ1n) is 2.89.